The summed E-state index contributed by atoms with van der Waals surface area (Å²) >= 11 is 0. The highest BCUT2D eigenvalue weighted by Gasteiger charge is 2.61. The molecule has 1 nitrogen and oxygen atoms in total. The number of hydrogen-bond acceptors (Lipinski definition) is 1. The van der Waals surface area contributed by atoms with E-state index in [1.165, 1.54) is 104 Å². The van der Waals surface area contributed by atoms with E-state index in [9.17, 15) is 0 Å². The number of fused-ring (bicyclic) bond motifs is 7. The fraction of sp³-hybridized carbons (Fsp3) is 0.245. The van der Waals surface area contributed by atoms with Crippen LogP contribution in [-0.4, -0.2) is 0 Å². The van der Waals surface area contributed by atoms with Gasteiger partial charge in [0.1, 0.15) is 0 Å². The van der Waals surface area contributed by atoms with E-state index in [0.717, 1.165) is 23.7 Å². The van der Waals surface area contributed by atoms with Gasteiger partial charge in [-0.2, -0.15) is 0 Å². The van der Waals surface area contributed by atoms with Crippen molar-refractivity contribution in [2.75, 3.05) is 4.90 Å². The zero-order valence-electron chi connectivity index (χ0n) is 31.2. The Bertz CT molecular complexity index is 2630. The van der Waals surface area contributed by atoms with E-state index in [-0.39, 0.29) is 10.8 Å². The molecule has 13 rings (SSSR count). The van der Waals surface area contributed by atoms with Crippen molar-refractivity contribution in [2.24, 2.45) is 23.7 Å². The lowest BCUT2D eigenvalue weighted by atomic mass is 9.43. The molecule has 0 N–H and O–H groups in total. The second kappa shape index (κ2) is 11.1. The van der Waals surface area contributed by atoms with Gasteiger partial charge in [0.25, 0.3) is 0 Å². The summed E-state index contributed by atoms with van der Waals surface area (Å²) in [6.45, 7) is 4.79. The SMILES string of the molecule is CC1(C)c2ccccc2-c2ccc(N(c3ccc4c(c3)-c3c(-c5ccccc5)cccc3C43C4CC5CC(C4)CC3C5)c3ccc4ccccc4c3)cc21. The molecule has 0 heterocycles. The van der Waals surface area contributed by atoms with Crippen LogP contribution in [0.2, 0.25) is 0 Å². The second-order valence-corrected chi connectivity index (χ2v) is 17.8. The summed E-state index contributed by atoms with van der Waals surface area (Å²) in [5.74, 6) is 3.28. The third kappa shape index (κ3) is 4.11. The molecule has 262 valence electrons. The molecule has 7 aromatic rings. The van der Waals surface area contributed by atoms with Crippen LogP contribution in [0.5, 0.6) is 0 Å². The smallest absolute Gasteiger partial charge is 0.0468 e. The highest BCUT2D eigenvalue weighted by atomic mass is 15.1. The van der Waals surface area contributed by atoms with E-state index < -0.39 is 0 Å². The number of anilines is 3. The fourth-order valence-corrected chi connectivity index (χ4v) is 12.8. The summed E-state index contributed by atoms with van der Waals surface area (Å²) in [6, 6.07) is 58.1. The molecule has 4 bridgehead atoms. The molecule has 0 unspecified atom stereocenters. The number of nitrogens with zero attached hydrogens (tertiary/aromatic N) is 1. The molecule has 6 aliphatic rings. The normalized spacial score (nSPS) is 24.7. The Morgan fingerprint density at radius 1 is 0.426 bits per heavy atom. The van der Waals surface area contributed by atoms with E-state index in [1.807, 2.05) is 0 Å². The minimum Gasteiger partial charge on any atom is -0.310 e. The van der Waals surface area contributed by atoms with Gasteiger partial charge in [0.05, 0.1) is 0 Å². The molecule has 4 saturated carbocycles. The Kier molecular flexibility index (Phi) is 6.36. The second-order valence-electron chi connectivity index (χ2n) is 17.8. The van der Waals surface area contributed by atoms with Crippen molar-refractivity contribution in [1.82, 2.24) is 0 Å². The number of benzene rings is 7. The molecule has 0 aromatic heterocycles. The lowest BCUT2D eigenvalue weighted by Crippen LogP contribution is -2.55. The summed E-state index contributed by atoms with van der Waals surface area (Å²) in [4.78, 5) is 2.54. The summed E-state index contributed by atoms with van der Waals surface area (Å²) in [5.41, 5.74) is 18.1. The first-order valence-electron chi connectivity index (χ1n) is 20.4. The van der Waals surface area contributed by atoms with Crippen LogP contribution >= 0.6 is 0 Å². The van der Waals surface area contributed by atoms with Crippen LogP contribution in [0.4, 0.5) is 17.1 Å². The lowest BCUT2D eigenvalue weighted by Gasteiger charge is -2.61. The summed E-state index contributed by atoms with van der Waals surface area (Å²) in [6.07, 6.45) is 7.02. The maximum absolute atomic E-state index is 2.59. The maximum Gasteiger partial charge on any atom is 0.0468 e. The minimum absolute atomic E-state index is 0.0791. The van der Waals surface area contributed by atoms with Crippen molar-refractivity contribution in [1.29, 1.82) is 0 Å². The third-order valence-electron chi connectivity index (χ3n) is 14.8. The summed E-state index contributed by atoms with van der Waals surface area (Å²) < 4.78 is 0. The van der Waals surface area contributed by atoms with Crippen LogP contribution in [0.15, 0.2) is 152 Å². The average molecular weight is 696 g/mol. The van der Waals surface area contributed by atoms with Gasteiger partial charge in [-0.25, -0.2) is 0 Å². The Hall–Kier alpha value is -5.40. The van der Waals surface area contributed by atoms with Crippen LogP contribution < -0.4 is 4.90 Å². The Labute approximate surface area is 319 Å². The van der Waals surface area contributed by atoms with Crippen molar-refractivity contribution < 1.29 is 0 Å². The van der Waals surface area contributed by atoms with E-state index in [1.54, 1.807) is 11.1 Å². The van der Waals surface area contributed by atoms with Gasteiger partial charge < -0.3 is 4.90 Å². The molecule has 7 aromatic carbocycles. The highest BCUT2D eigenvalue weighted by molar-refractivity contribution is 5.96. The van der Waals surface area contributed by atoms with Gasteiger partial charge in [0.2, 0.25) is 0 Å². The zero-order valence-corrected chi connectivity index (χ0v) is 31.2. The quantitative estimate of drug-likeness (QED) is 0.177. The molecule has 0 atom stereocenters. The molecule has 1 spiro atoms. The van der Waals surface area contributed by atoms with Gasteiger partial charge in [-0.15, -0.1) is 0 Å². The first-order valence-corrected chi connectivity index (χ1v) is 20.4. The predicted molar refractivity (Wildman–Crippen MR) is 225 cm³/mol. The molecular formula is C53H45N. The first-order chi connectivity index (χ1) is 26.5. The topological polar surface area (TPSA) is 3.24 Å². The lowest BCUT2D eigenvalue weighted by molar-refractivity contribution is -0.0399. The molecule has 0 amide bonds. The predicted octanol–water partition coefficient (Wildman–Crippen LogP) is 14.0. The van der Waals surface area contributed by atoms with Crippen LogP contribution in [0, 0.1) is 23.7 Å². The molecule has 0 aliphatic heterocycles. The van der Waals surface area contributed by atoms with Gasteiger partial charge >= 0.3 is 0 Å². The van der Waals surface area contributed by atoms with Crippen LogP contribution in [0.25, 0.3) is 44.2 Å². The maximum atomic E-state index is 2.59. The van der Waals surface area contributed by atoms with Crippen molar-refractivity contribution in [2.45, 2.75) is 56.8 Å². The first kappa shape index (κ1) is 31.0. The van der Waals surface area contributed by atoms with Gasteiger partial charge in [0.15, 0.2) is 0 Å². The van der Waals surface area contributed by atoms with Crippen LogP contribution in [0.3, 0.4) is 0 Å². The van der Waals surface area contributed by atoms with E-state index in [2.05, 4.69) is 170 Å². The van der Waals surface area contributed by atoms with Crippen LogP contribution in [0.1, 0.15) is 68.2 Å². The Balaban J connectivity index is 1.10. The highest BCUT2D eigenvalue weighted by Crippen LogP contribution is 2.70. The van der Waals surface area contributed by atoms with Crippen molar-refractivity contribution in [3.63, 3.8) is 0 Å². The van der Waals surface area contributed by atoms with Gasteiger partial charge in [0, 0.05) is 27.9 Å². The molecule has 0 radical (unpaired) electrons. The van der Waals surface area contributed by atoms with Crippen molar-refractivity contribution in [3.8, 4) is 33.4 Å². The standard InChI is InChI=1S/C53H45N/c1-52(2)47-17-9-8-15-44(47)45-23-21-42(32-50(45)52)54(40-20-19-35-11-6-7-14-37(35)30-40)41-22-24-48-46(31-41)51-43(36-12-4-3-5-13-36)16-10-18-49(51)53(48)38-26-33-25-34(28-38)29-39(53)27-33/h3-24,30-34,38-39H,25-29H2,1-2H3. The van der Waals surface area contributed by atoms with E-state index in [0.29, 0.717) is 0 Å². The zero-order chi connectivity index (χ0) is 35.8. The summed E-state index contributed by atoms with van der Waals surface area (Å²) in [7, 11) is 0. The molecule has 4 fully saturated rings. The Morgan fingerprint density at radius 3 is 1.85 bits per heavy atom. The summed E-state index contributed by atoms with van der Waals surface area (Å²) in [5, 5.41) is 2.53. The third-order valence-corrected chi connectivity index (χ3v) is 14.8. The largest absolute Gasteiger partial charge is 0.310 e. The molecular weight excluding hydrogens is 651 g/mol. The molecule has 0 saturated heterocycles. The van der Waals surface area contributed by atoms with Gasteiger partial charge in [-0.05, 0) is 159 Å². The van der Waals surface area contributed by atoms with Crippen molar-refractivity contribution >= 4 is 27.8 Å². The number of hydrogen-bond donors (Lipinski definition) is 0. The number of rotatable bonds is 4. The minimum atomic E-state index is -0.0791. The molecule has 6 aliphatic carbocycles. The monoisotopic (exact) mass is 695 g/mol. The van der Waals surface area contributed by atoms with E-state index >= 15 is 0 Å². The van der Waals surface area contributed by atoms with Crippen LogP contribution in [-0.2, 0) is 10.8 Å². The van der Waals surface area contributed by atoms with Gasteiger partial charge in [-0.3, -0.25) is 0 Å². The average Bonchev–Trinajstić information content (AvgIpc) is 3.62. The molecule has 54 heavy (non-hydrogen) atoms. The fourth-order valence-electron chi connectivity index (χ4n) is 12.8. The van der Waals surface area contributed by atoms with Crippen molar-refractivity contribution in [3.05, 3.63) is 174 Å². The molecule has 1 heteroatoms. The van der Waals surface area contributed by atoms with Gasteiger partial charge in [-0.1, -0.05) is 129 Å². The Morgan fingerprint density at radius 2 is 1.04 bits per heavy atom. The van der Waals surface area contributed by atoms with E-state index in [4.69, 9.17) is 0 Å².